The summed E-state index contributed by atoms with van der Waals surface area (Å²) in [5.74, 6) is -0.381. The molecule has 0 aliphatic carbocycles. The van der Waals surface area contributed by atoms with E-state index in [4.69, 9.17) is 11.6 Å². The molecular weight excluding hydrogens is 352 g/mol. The van der Waals surface area contributed by atoms with Crippen LogP contribution in [0.2, 0.25) is 5.02 Å². The number of hydrogen-bond donors (Lipinski definition) is 1. The maximum atomic E-state index is 12.5. The number of rotatable bonds is 4. The molecule has 1 N–H and O–H groups in total. The SMILES string of the molecule is Cc1c(/C=N\NC(=O)c2cccc(Cl)c2)n(C)n(-c2ccccc2)c1=O. The highest BCUT2D eigenvalue weighted by atomic mass is 35.5. The fraction of sp³-hybridized carbons (Fsp3) is 0.105. The van der Waals surface area contributed by atoms with Crippen LogP contribution in [-0.4, -0.2) is 21.5 Å². The highest BCUT2D eigenvalue weighted by Crippen LogP contribution is 2.11. The molecule has 3 rings (SSSR count). The van der Waals surface area contributed by atoms with E-state index in [-0.39, 0.29) is 11.5 Å². The molecule has 0 fully saturated rings. The summed E-state index contributed by atoms with van der Waals surface area (Å²) < 4.78 is 3.25. The first kappa shape index (κ1) is 17.7. The van der Waals surface area contributed by atoms with E-state index in [1.165, 1.54) is 6.21 Å². The maximum Gasteiger partial charge on any atom is 0.274 e. The van der Waals surface area contributed by atoms with Crippen molar-refractivity contribution in [3.05, 3.63) is 86.8 Å². The molecule has 132 valence electrons. The van der Waals surface area contributed by atoms with Gasteiger partial charge in [-0.25, -0.2) is 10.1 Å². The Balaban J connectivity index is 1.85. The predicted molar refractivity (Wildman–Crippen MR) is 102 cm³/mol. The summed E-state index contributed by atoms with van der Waals surface area (Å²) >= 11 is 5.88. The molecule has 0 saturated heterocycles. The zero-order valence-corrected chi connectivity index (χ0v) is 15.1. The minimum atomic E-state index is -0.381. The Labute approximate surface area is 155 Å². The minimum Gasteiger partial charge on any atom is -0.279 e. The van der Waals surface area contributed by atoms with Crippen molar-refractivity contribution in [1.82, 2.24) is 14.8 Å². The second kappa shape index (κ2) is 7.41. The average Bonchev–Trinajstić information content (AvgIpc) is 2.85. The largest absolute Gasteiger partial charge is 0.279 e. The number of carbonyl (C=O) groups is 1. The minimum absolute atomic E-state index is 0.138. The van der Waals surface area contributed by atoms with Crippen LogP contribution < -0.4 is 11.0 Å². The Kier molecular flexibility index (Phi) is 5.04. The smallest absolute Gasteiger partial charge is 0.274 e. The molecule has 0 saturated carbocycles. The van der Waals surface area contributed by atoms with Crippen molar-refractivity contribution >= 4 is 23.7 Å². The van der Waals surface area contributed by atoms with Crippen LogP contribution in [0.25, 0.3) is 5.69 Å². The number of hydrazone groups is 1. The molecule has 1 amide bonds. The van der Waals surface area contributed by atoms with Gasteiger partial charge in [-0.2, -0.15) is 5.10 Å². The van der Waals surface area contributed by atoms with Gasteiger partial charge < -0.3 is 0 Å². The molecule has 0 atom stereocenters. The Morgan fingerprint density at radius 3 is 2.58 bits per heavy atom. The molecule has 2 aromatic carbocycles. The van der Waals surface area contributed by atoms with Crippen LogP contribution in [0.4, 0.5) is 0 Å². The molecule has 3 aromatic rings. The van der Waals surface area contributed by atoms with E-state index < -0.39 is 0 Å². The number of para-hydroxylation sites is 1. The normalized spacial score (nSPS) is 11.0. The van der Waals surface area contributed by atoms with E-state index in [9.17, 15) is 9.59 Å². The van der Waals surface area contributed by atoms with Gasteiger partial charge in [0, 0.05) is 23.2 Å². The lowest BCUT2D eigenvalue weighted by Gasteiger charge is -2.08. The van der Waals surface area contributed by atoms with Crippen LogP contribution in [0.3, 0.4) is 0 Å². The van der Waals surface area contributed by atoms with Gasteiger partial charge in [0.15, 0.2) is 0 Å². The van der Waals surface area contributed by atoms with Crippen molar-refractivity contribution in [3.8, 4) is 5.69 Å². The summed E-state index contributed by atoms with van der Waals surface area (Å²) in [4.78, 5) is 24.6. The van der Waals surface area contributed by atoms with Crippen LogP contribution in [0, 0.1) is 6.92 Å². The highest BCUT2D eigenvalue weighted by Gasteiger charge is 2.14. The van der Waals surface area contributed by atoms with Gasteiger partial charge in [0.1, 0.15) is 0 Å². The first-order chi connectivity index (χ1) is 12.5. The number of aromatic nitrogens is 2. The van der Waals surface area contributed by atoms with E-state index >= 15 is 0 Å². The number of nitrogens with zero attached hydrogens (tertiary/aromatic N) is 3. The number of benzene rings is 2. The molecule has 0 bridgehead atoms. The fourth-order valence-electron chi connectivity index (χ4n) is 2.64. The molecular formula is C19H17ClN4O2. The second-order valence-electron chi connectivity index (χ2n) is 5.70. The van der Waals surface area contributed by atoms with Crippen molar-refractivity contribution in [3.63, 3.8) is 0 Å². The average molecular weight is 369 g/mol. The molecule has 0 radical (unpaired) electrons. The highest BCUT2D eigenvalue weighted by molar-refractivity contribution is 6.30. The summed E-state index contributed by atoms with van der Waals surface area (Å²) in [5.41, 5.74) is 4.61. The topological polar surface area (TPSA) is 68.4 Å². The molecule has 7 heteroatoms. The number of amides is 1. The maximum absolute atomic E-state index is 12.5. The Morgan fingerprint density at radius 2 is 1.88 bits per heavy atom. The van der Waals surface area contributed by atoms with Gasteiger partial charge in [0.05, 0.1) is 17.6 Å². The van der Waals surface area contributed by atoms with Crippen molar-refractivity contribution in [2.75, 3.05) is 0 Å². The van der Waals surface area contributed by atoms with E-state index in [0.717, 1.165) is 5.69 Å². The summed E-state index contributed by atoms with van der Waals surface area (Å²) in [5, 5.41) is 4.45. The van der Waals surface area contributed by atoms with Crippen LogP contribution in [-0.2, 0) is 7.05 Å². The number of halogens is 1. The molecule has 0 unspecified atom stereocenters. The van der Waals surface area contributed by atoms with Crippen molar-refractivity contribution < 1.29 is 4.79 Å². The second-order valence-corrected chi connectivity index (χ2v) is 6.13. The molecule has 1 aromatic heterocycles. The monoisotopic (exact) mass is 368 g/mol. The van der Waals surface area contributed by atoms with Crippen LogP contribution in [0.1, 0.15) is 21.6 Å². The lowest BCUT2D eigenvalue weighted by molar-refractivity contribution is 0.0955. The number of hydrogen-bond acceptors (Lipinski definition) is 3. The van der Waals surface area contributed by atoms with Crippen molar-refractivity contribution in [1.29, 1.82) is 0 Å². The molecule has 0 aliphatic heterocycles. The van der Waals surface area contributed by atoms with Gasteiger partial charge in [-0.1, -0.05) is 35.9 Å². The Hall–Kier alpha value is -3.12. The van der Waals surface area contributed by atoms with Crippen molar-refractivity contribution in [2.45, 2.75) is 6.92 Å². The third kappa shape index (κ3) is 3.45. The van der Waals surface area contributed by atoms with E-state index in [2.05, 4.69) is 10.5 Å². The van der Waals surface area contributed by atoms with Crippen LogP contribution in [0.5, 0.6) is 0 Å². The van der Waals surface area contributed by atoms with Gasteiger partial charge >= 0.3 is 0 Å². The van der Waals surface area contributed by atoms with Crippen molar-refractivity contribution in [2.24, 2.45) is 12.1 Å². The summed E-state index contributed by atoms with van der Waals surface area (Å²) in [7, 11) is 1.77. The molecule has 1 heterocycles. The van der Waals surface area contributed by atoms with E-state index in [1.54, 1.807) is 47.6 Å². The summed E-state index contributed by atoms with van der Waals surface area (Å²) in [6, 6.07) is 15.9. The zero-order valence-electron chi connectivity index (χ0n) is 14.3. The first-order valence-electron chi connectivity index (χ1n) is 7.92. The summed E-state index contributed by atoms with van der Waals surface area (Å²) in [6.45, 7) is 1.72. The summed E-state index contributed by atoms with van der Waals surface area (Å²) in [6.07, 6.45) is 1.46. The molecule has 6 nitrogen and oxygen atoms in total. The van der Waals surface area contributed by atoms with E-state index in [1.807, 2.05) is 30.3 Å². The standard InChI is InChI=1S/C19H17ClN4O2/c1-13-17(12-21-22-18(25)14-7-6-8-15(20)11-14)23(2)24(19(13)26)16-9-4-3-5-10-16/h3-12H,1-2H3,(H,22,25)/b21-12-. The molecule has 0 aliphatic rings. The third-order valence-corrected chi connectivity index (χ3v) is 4.22. The Morgan fingerprint density at radius 1 is 1.15 bits per heavy atom. The van der Waals surface area contributed by atoms with Gasteiger partial charge in [0.25, 0.3) is 11.5 Å². The lowest BCUT2D eigenvalue weighted by atomic mass is 10.2. The number of nitrogens with one attached hydrogen (secondary N) is 1. The van der Waals surface area contributed by atoms with Gasteiger partial charge in [-0.15, -0.1) is 0 Å². The van der Waals surface area contributed by atoms with Gasteiger partial charge in [-0.05, 0) is 37.3 Å². The van der Waals surface area contributed by atoms with Gasteiger partial charge in [-0.3, -0.25) is 14.3 Å². The lowest BCUT2D eigenvalue weighted by Crippen LogP contribution is -2.20. The van der Waals surface area contributed by atoms with Crippen LogP contribution >= 0.6 is 11.6 Å². The van der Waals surface area contributed by atoms with E-state index in [0.29, 0.717) is 21.8 Å². The zero-order chi connectivity index (χ0) is 18.7. The van der Waals surface area contributed by atoms with Crippen LogP contribution in [0.15, 0.2) is 64.5 Å². The third-order valence-electron chi connectivity index (χ3n) is 3.99. The first-order valence-corrected chi connectivity index (χ1v) is 8.30. The predicted octanol–water partition coefficient (Wildman–Crippen LogP) is 2.90. The number of carbonyl (C=O) groups excluding carboxylic acids is 1. The molecule has 0 spiro atoms. The fourth-order valence-corrected chi connectivity index (χ4v) is 2.83. The Bertz CT molecular complexity index is 1040. The molecule has 26 heavy (non-hydrogen) atoms. The quantitative estimate of drug-likeness (QED) is 0.568. The van der Waals surface area contributed by atoms with Gasteiger partial charge in [0.2, 0.25) is 0 Å².